The minimum absolute atomic E-state index is 0.525. The lowest BCUT2D eigenvalue weighted by Gasteiger charge is -2.04. The Kier molecular flexibility index (Phi) is 6.05. The SMILES string of the molecule is Clc1cc2ncn(-c3ccccc3)c2cc1Cl.Clc1ccc2c(c1)ncn2-c1ccccc1. The molecule has 0 aliphatic heterocycles. The molecular formula is C26H17Cl3N4. The number of nitrogens with zero attached hydrogens (tertiary/aromatic N) is 4. The Labute approximate surface area is 205 Å². The van der Waals surface area contributed by atoms with Crippen LogP contribution >= 0.6 is 34.8 Å². The van der Waals surface area contributed by atoms with Crippen LogP contribution in [0.15, 0.2) is 104 Å². The second-order valence-corrected chi connectivity index (χ2v) is 8.54. The van der Waals surface area contributed by atoms with E-state index in [1.54, 1.807) is 12.4 Å². The average Bonchev–Trinajstić information content (AvgIpc) is 3.44. The highest BCUT2D eigenvalue weighted by atomic mass is 35.5. The van der Waals surface area contributed by atoms with Gasteiger partial charge in [-0.3, -0.25) is 9.13 Å². The van der Waals surface area contributed by atoms with Crippen molar-refractivity contribution < 1.29 is 0 Å². The molecule has 6 rings (SSSR count). The number of fused-ring (bicyclic) bond motifs is 2. The van der Waals surface area contributed by atoms with Crippen molar-refractivity contribution in [1.82, 2.24) is 19.1 Å². The van der Waals surface area contributed by atoms with E-state index in [-0.39, 0.29) is 0 Å². The quantitative estimate of drug-likeness (QED) is 0.246. The monoisotopic (exact) mass is 490 g/mol. The molecule has 6 aromatic rings. The second kappa shape index (κ2) is 9.28. The summed E-state index contributed by atoms with van der Waals surface area (Å²) in [5, 5.41) is 1.78. The molecule has 0 bridgehead atoms. The fourth-order valence-electron chi connectivity index (χ4n) is 3.58. The summed E-state index contributed by atoms with van der Waals surface area (Å²) in [5.74, 6) is 0. The van der Waals surface area contributed by atoms with Gasteiger partial charge in [0.25, 0.3) is 0 Å². The van der Waals surface area contributed by atoms with Gasteiger partial charge in [0.1, 0.15) is 12.7 Å². The summed E-state index contributed by atoms with van der Waals surface area (Å²) in [6, 6.07) is 29.5. The molecule has 0 saturated heterocycles. The fourth-order valence-corrected chi connectivity index (χ4v) is 4.06. The zero-order valence-corrected chi connectivity index (χ0v) is 19.5. The number of hydrogen-bond acceptors (Lipinski definition) is 2. The van der Waals surface area contributed by atoms with Gasteiger partial charge in [0.2, 0.25) is 0 Å². The number of para-hydroxylation sites is 2. The summed E-state index contributed by atoms with van der Waals surface area (Å²) >= 11 is 17.9. The third kappa shape index (κ3) is 4.46. The van der Waals surface area contributed by atoms with Crippen molar-refractivity contribution in [3.8, 4) is 11.4 Å². The molecule has 0 fully saturated rings. The van der Waals surface area contributed by atoms with Gasteiger partial charge < -0.3 is 0 Å². The van der Waals surface area contributed by atoms with Gasteiger partial charge in [0.15, 0.2) is 0 Å². The van der Waals surface area contributed by atoms with Gasteiger partial charge in [0.05, 0.1) is 32.1 Å². The summed E-state index contributed by atoms with van der Waals surface area (Å²) in [5.41, 5.74) is 5.92. The number of hydrogen-bond donors (Lipinski definition) is 0. The highest BCUT2D eigenvalue weighted by molar-refractivity contribution is 6.42. The van der Waals surface area contributed by atoms with Crippen LogP contribution in [0.4, 0.5) is 0 Å². The molecular weight excluding hydrogens is 475 g/mol. The van der Waals surface area contributed by atoms with Crippen molar-refractivity contribution in [1.29, 1.82) is 0 Å². The van der Waals surface area contributed by atoms with E-state index in [2.05, 4.69) is 22.1 Å². The number of benzene rings is 4. The van der Waals surface area contributed by atoms with E-state index in [1.165, 1.54) is 0 Å². The largest absolute Gasteiger partial charge is 0.299 e. The second-order valence-electron chi connectivity index (χ2n) is 7.29. The molecule has 0 aliphatic rings. The predicted octanol–water partition coefficient (Wildman–Crippen LogP) is 8.01. The molecule has 0 saturated carbocycles. The number of rotatable bonds is 2. The van der Waals surface area contributed by atoms with Crippen LogP contribution in [0.25, 0.3) is 33.4 Å². The summed E-state index contributed by atoms with van der Waals surface area (Å²) in [7, 11) is 0. The van der Waals surface area contributed by atoms with Gasteiger partial charge in [-0.2, -0.15) is 0 Å². The highest BCUT2D eigenvalue weighted by Gasteiger charge is 2.08. The molecule has 0 amide bonds. The Bertz CT molecular complexity index is 1540. The number of aromatic nitrogens is 4. The van der Waals surface area contributed by atoms with E-state index in [0.29, 0.717) is 15.1 Å². The van der Waals surface area contributed by atoms with E-state index in [4.69, 9.17) is 34.8 Å². The maximum absolute atomic E-state index is 6.03. The normalized spacial score (nSPS) is 10.9. The van der Waals surface area contributed by atoms with E-state index in [9.17, 15) is 0 Å². The van der Waals surface area contributed by atoms with Crippen LogP contribution in [-0.4, -0.2) is 19.1 Å². The van der Waals surface area contributed by atoms with Crippen molar-refractivity contribution in [2.45, 2.75) is 0 Å². The molecule has 0 radical (unpaired) electrons. The van der Waals surface area contributed by atoms with Gasteiger partial charge >= 0.3 is 0 Å². The molecule has 0 atom stereocenters. The Morgan fingerprint density at radius 3 is 1.64 bits per heavy atom. The molecule has 2 heterocycles. The fraction of sp³-hybridized carbons (Fsp3) is 0. The molecule has 0 aliphatic carbocycles. The topological polar surface area (TPSA) is 35.6 Å². The third-order valence-corrected chi connectivity index (χ3v) is 6.12. The summed E-state index contributed by atoms with van der Waals surface area (Å²) in [4.78, 5) is 8.65. The lowest BCUT2D eigenvalue weighted by atomic mass is 10.3. The molecule has 4 aromatic carbocycles. The van der Waals surface area contributed by atoms with Crippen molar-refractivity contribution in [3.05, 3.63) is 119 Å². The van der Waals surface area contributed by atoms with E-state index in [1.807, 2.05) is 88.3 Å². The molecule has 0 N–H and O–H groups in total. The van der Waals surface area contributed by atoms with Gasteiger partial charge in [-0.25, -0.2) is 9.97 Å². The summed E-state index contributed by atoms with van der Waals surface area (Å²) < 4.78 is 4.03. The maximum Gasteiger partial charge on any atom is 0.100 e. The average molecular weight is 492 g/mol. The van der Waals surface area contributed by atoms with Crippen molar-refractivity contribution >= 4 is 56.9 Å². The number of imidazole rings is 2. The first kappa shape index (κ1) is 21.5. The minimum atomic E-state index is 0.525. The van der Waals surface area contributed by atoms with E-state index in [0.717, 1.165) is 33.4 Å². The molecule has 0 unspecified atom stereocenters. The first-order valence-electron chi connectivity index (χ1n) is 10.2. The lowest BCUT2D eigenvalue weighted by molar-refractivity contribution is 1.09. The molecule has 162 valence electrons. The first-order valence-corrected chi connectivity index (χ1v) is 11.3. The van der Waals surface area contributed by atoms with Crippen LogP contribution in [0.1, 0.15) is 0 Å². The minimum Gasteiger partial charge on any atom is -0.299 e. The zero-order chi connectivity index (χ0) is 22.8. The molecule has 0 spiro atoms. The first-order chi connectivity index (χ1) is 16.1. The van der Waals surface area contributed by atoms with Crippen LogP contribution in [0.2, 0.25) is 15.1 Å². The lowest BCUT2D eigenvalue weighted by Crippen LogP contribution is -1.90. The van der Waals surface area contributed by atoms with Crippen molar-refractivity contribution in [2.75, 3.05) is 0 Å². The smallest absolute Gasteiger partial charge is 0.100 e. The van der Waals surface area contributed by atoms with Crippen LogP contribution < -0.4 is 0 Å². The molecule has 33 heavy (non-hydrogen) atoms. The summed E-state index contributed by atoms with van der Waals surface area (Å²) in [6.07, 6.45) is 3.59. The van der Waals surface area contributed by atoms with Crippen molar-refractivity contribution in [3.63, 3.8) is 0 Å². The van der Waals surface area contributed by atoms with Gasteiger partial charge in [-0.05, 0) is 54.6 Å². The van der Waals surface area contributed by atoms with E-state index >= 15 is 0 Å². The Balaban J connectivity index is 0.000000139. The van der Waals surface area contributed by atoms with Crippen LogP contribution in [0, 0.1) is 0 Å². The predicted molar refractivity (Wildman–Crippen MR) is 137 cm³/mol. The van der Waals surface area contributed by atoms with Crippen molar-refractivity contribution in [2.24, 2.45) is 0 Å². The molecule has 7 heteroatoms. The maximum atomic E-state index is 6.03. The van der Waals surface area contributed by atoms with Crippen LogP contribution in [0.5, 0.6) is 0 Å². The van der Waals surface area contributed by atoms with Gasteiger partial charge in [-0.1, -0.05) is 71.2 Å². The highest BCUT2D eigenvalue weighted by Crippen LogP contribution is 2.28. The standard InChI is InChI=1S/C13H8Cl2N2.C13H9ClN2/c14-10-6-12-13(7-11(10)15)17(8-16-12)9-4-2-1-3-5-9;14-10-6-7-13-12(8-10)15-9-16(13)11-4-2-1-3-5-11/h1-8H;1-9H. The molecule has 4 nitrogen and oxygen atoms in total. The van der Waals surface area contributed by atoms with Gasteiger partial charge in [0, 0.05) is 16.4 Å². The zero-order valence-electron chi connectivity index (χ0n) is 17.2. The Morgan fingerprint density at radius 2 is 1.03 bits per heavy atom. The molecule has 2 aromatic heterocycles. The van der Waals surface area contributed by atoms with Gasteiger partial charge in [-0.15, -0.1) is 0 Å². The number of halogens is 3. The third-order valence-electron chi connectivity index (χ3n) is 5.17. The van der Waals surface area contributed by atoms with E-state index < -0.39 is 0 Å². The summed E-state index contributed by atoms with van der Waals surface area (Å²) in [6.45, 7) is 0. The van der Waals surface area contributed by atoms with Crippen LogP contribution in [0.3, 0.4) is 0 Å². The van der Waals surface area contributed by atoms with Crippen LogP contribution in [-0.2, 0) is 0 Å². The Morgan fingerprint density at radius 1 is 0.515 bits per heavy atom. The Hall–Kier alpha value is -3.31.